The van der Waals surface area contributed by atoms with Gasteiger partial charge in [0, 0.05) is 16.6 Å². The van der Waals surface area contributed by atoms with Gasteiger partial charge in [0.2, 0.25) is 0 Å². The number of hydrogen-bond donors (Lipinski definition) is 1. The Morgan fingerprint density at radius 3 is 2.35 bits per heavy atom. The predicted molar refractivity (Wildman–Crippen MR) is 121 cm³/mol. The zero-order valence-corrected chi connectivity index (χ0v) is 18.1. The van der Waals surface area contributed by atoms with Crippen LogP contribution in [0, 0.1) is 0 Å². The lowest BCUT2D eigenvalue weighted by atomic mass is 10.0. The van der Waals surface area contributed by atoms with E-state index in [0.29, 0.717) is 16.9 Å². The SMILES string of the molecule is CCC(CC)=C(C)/C=C(\C)Nc1nc(-c2cccc(C(F)(F)F)c2)nc2ccccc12. The second-order valence-electron chi connectivity index (χ2n) is 7.44. The number of alkyl halides is 3. The molecule has 0 aliphatic rings. The summed E-state index contributed by atoms with van der Waals surface area (Å²) in [5.74, 6) is 0.810. The Labute approximate surface area is 180 Å². The molecule has 3 rings (SSSR count). The van der Waals surface area contributed by atoms with E-state index in [4.69, 9.17) is 0 Å². The fourth-order valence-electron chi connectivity index (χ4n) is 3.59. The van der Waals surface area contributed by atoms with Crippen LogP contribution >= 0.6 is 0 Å². The summed E-state index contributed by atoms with van der Waals surface area (Å²) in [6.45, 7) is 8.31. The minimum atomic E-state index is -4.42. The number of aromatic nitrogens is 2. The lowest BCUT2D eigenvalue weighted by Gasteiger charge is -2.13. The largest absolute Gasteiger partial charge is 0.416 e. The molecule has 0 aliphatic carbocycles. The van der Waals surface area contributed by atoms with E-state index in [0.717, 1.165) is 36.1 Å². The van der Waals surface area contributed by atoms with Crippen molar-refractivity contribution in [3.63, 3.8) is 0 Å². The molecule has 0 fully saturated rings. The highest BCUT2D eigenvalue weighted by Gasteiger charge is 2.30. The summed E-state index contributed by atoms with van der Waals surface area (Å²) < 4.78 is 39.5. The zero-order chi connectivity index (χ0) is 22.6. The van der Waals surface area contributed by atoms with E-state index in [2.05, 4.69) is 42.1 Å². The Morgan fingerprint density at radius 2 is 1.68 bits per heavy atom. The summed E-state index contributed by atoms with van der Waals surface area (Å²) in [6.07, 6.45) is -0.374. The molecule has 0 atom stereocenters. The summed E-state index contributed by atoms with van der Waals surface area (Å²) in [6, 6.07) is 12.6. The van der Waals surface area contributed by atoms with Crippen molar-refractivity contribution in [3.8, 4) is 11.4 Å². The van der Waals surface area contributed by atoms with Gasteiger partial charge in [-0.2, -0.15) is 13.2 Å². The molecule has 0 radical (unpaired) electrons. The molecule has 162 valence electrons. The molecule has 0 spiro atoms. The van der Waals surface area contributed by atoms with Crippen LogP contribution in [0.2, 0.25) is 0 Å². The molecule has 2 aromatic carbocycles. The van der Waals surface area contributed by atoms with E-state index in [-0.39, 0.29) is 5.82 Å². The number of benzene rings is 2. The van der Waals surface area contributed by atoms with Crippen molar-refractivity contribution in [3.05, 3.63) is 77.0 Å². The van der Waals surface area contributed by atoms with Gasteiger partial charge >= 0.3 is 6.18 Å². The smallest absolute Gasteiger partial charge is 0.343 e. The molecule has 0 amide bonds. The van der Waals surface area contributed by atoms with Gasteiger partial charge in [-0.25, -0.2) is 9.97 Å². The zero-order valence-electron chi connectivity index (χ0n) is 18.1. The van der Waals surface area contributed by atoms with Crippen LogP contribution in [0.25, 0.3) is 22.3 Å². The van der Waals surface area contributed by atoms with Crippen LogP contribution in [-0.4, -0.2) is 9.97 Å². The van der Waals surface area contributed by atoms with Crippen LogP contribution in [0.5, 0.6) is 0 Å². The highest BCUT2D eigenvalue weighted by Crippen LogP contribution is 2.32. The number of fused-ring (bicyclic) bond motifs is 1. The van der Waals surface area contributed by atoms with Gasteiger partial charge in [0.1, 0.15) is 5.82 Å². The van der Waals surface area contributed by atoms with Crippen molar-refractivity contribution in [2.24, 2.45) is 0 Å². The Hall–Kier alpha value is -3.15. The van der Waals surface area contributed by atoms with Gasteiger partial charge in [0.15, 0.2) is 5.82 Å². The van der Waals surface area contributed by atoms with Gasteiger partial charge in [-0.05, 0) is 57.0 Å². The lowest BCUT2D eigenvalue weighted by Crippen LogP contribution is -2.06. The number of nitrogens with zero attached hydrogens (tertiary/aromatic N) is 2. The van der Waals surface area contributed by atoms with Crippen molar-refractivity contribution in [1.82, 2.24) is 9.97 Å². The highest BCUT2D eigenvalue weighted by atomic mass is 19.4. The molecule has 6 heteroatoms. The summed E-state index contributed by atoms with van der Waals surface area (Å²) in [7, 11) is 0. The van der Waals surface area contributed by atoms with Crippen LogP contribution in [0.3, 0.4) is 0 Å². The van der Waals surface area contributed by atoms with Gasteiger partial charge in [0.05, 0.1) is 11.1 Å². The van der Waals surface area contributed by atoms with Gasteiger partial charge in [-0.1, -0.05) is 49.3 Å². The third kappa shape index (κ3) is 5.32. The number of hydrogen-bond acceptors (Lipinski definition) is 3. The Balaban J connectivity index is 2.08. The third-order valence-electron chi connectivity index (χ3n) is 5.21. The molecule has 0 unspecified atom stereocenters. The van der Waals surface area contributed by atoms with E-state index >= 15 is 0 Å². The van der Waals surface area contributed by atoms with Crippen molar-refractivity contribution < 1.29 is 13.2 Å². The number of rotatable bonds is 6. The molecule has 0 saturated carbocycles. The summed E-state index contributed by atoms with van der Waals surface area (Å²) in [4.78, 5) is 9.09. The molecule has 3 nitrogen and oxygen atoms in total. The number of halogens is 3. The minimum absolute atomic E-state index is 0.246. The third-order valence-corrected chi connectivity index (χ3v) is 5.21. The number of nitrogens with one attached hydrogen (secondary N) is 1. The van der Waals surface area contributed by atoms with Gasteiger partial charge < -0.3 is 5.32 Å². The summed E-state index contributed by atoms with van der Waals surface area (Å²) in [5, 5.41) is 4.13. The van der Waals surface area contributed by atoms with E-state index in [1.54, 1.807) is 6.07 Å². The Morgan fingerprint density at radius 1 is 0.968 bits per heavy atom. The molecule has 0 bridgehead atoms. The first-order chi connectivity index (χ1) is 14.7. The van der Waals surface area contributed by atoms with Crippen molar-refractivity contribution in [1.29, 1.82) is 0 Å². The summed E-state index contributed by atoms with van der Waals surface area (Å²) in [5.41, 5.74) is 3.73. The quantitative estimate of drug-likeness (QED) is 0.410. The van der Waals surface area contributed by atoms with Crippen LogP contribution < -0.4 is 5.32 Å². The minimum Gasteiger partial charge on any atom is -0.343 e. The number of anilines is 1. The first kappa shape index (κ1) is 22.5. The maximum absolute atomic E-state index is 13.2. The molecule has 0 aliphatic heterocycles. The van der Waals surface area contributed by atoms with Crippen LogP contribution in [-0.2, 0) is 6.18 Å². The normalized spacial score (nSPS) is 12.2. The highest BCUT2D eigenvalue weighted by molar-refractivity contribution is 5.91. The second-order valence-corrected chi connectivity index (χ2v) is 7.44. The van der Waals surface area contributed by atoms with Crippen molar-refractivity contribution in [2.45, 2.75) is 46.7 Å². The maximum Gasteiger partial charge on any atom is 0.416 e. The van der Waals surface area contributed by atoms with E-state index in [9.17, 15) is 13.2 Å². The molecule has 1 heterocycles. The predicted octanol–water partition coefficient (Wildman–Crippen LogP) is 7.77. The monoisotopic (exact) mass is 425 g/mol. The number of para-hydroxylation sites is 1. The molecule has 3 aromatic rings. The van der Waals surface area contributed by atoms with Crippen LogP contribution in [0.4, 0.5) is 19.0 Å². The molecule has 0 saturated heterocycles. The van der Waals surface area contributed by atoms with E-state index < -0.39 is 11.7 Å². The van der Waals surface area contributed by atoms with E-state index in [1.807, 2.05) is 31.2 Å². The fourth-order valence-corrected chi connectivity index (χ4v) is 3.59. The topological polar surface area (TPSA) is 37.8 Å². The van der Waals surface area contributed by atoms with Crippen molar-refractivity contribution in [2.75, 3.05) is 5.32 Å². The standard InChI is InChI=1S/C25H26F3N3/c1-5-18(6-2)16(3)14-17(4)29-24-21-12-7-8-13-22(21)30-23(31-24)19-10-9-11-20(15-19)25(26,27)28/h7-15H,5-6H2,1-4H3,(H,29,30,31)/b17-14+. The number of allylic oxidation sites excluding steroid dienone is 4. The van der Waals surface area contributed by atoms with E-state index in [1.165, 1.54) is 17.2 Å². The van der Waals surface area contributed by atoms with Gasteiger partial charge in [0.25, 0.3) is 0 Å². The average molecular weight is 425 g/mol. The Kier molecular flexibility index (Phi) is 6.78. The van der Waals surface area contributed by atoms with Gasteiger partial charge in [-0.3, -0.25) is 0 Å². The second kappa shape index (κ2) is 9.33. The first-order valence-corrected chi connectivity index (χ1v) is 10.3. The molecule has 1 N–H and O–H groups in total. The maximum atomic E-state index is 13.2. The van der Waals surface area contributed by atoms with Crippen molar-refractivity contribution >= 4 is 16.7 Å². The Bertz CT molecular complexity index is 1140. The van der Waals surface area contributed by atoms with Crippen LogP contribution in [0.15, 0.2) is 71.5 Å². The molecule has 31 heavy (non-hydrogen) atoms. The molecular weight excluding hydrogens is 399 g/mol. The molecule has 1 aromatic heterocycles. The first-order valence-electron chi connectivity index (χ1n) is 10.3. The van der Waals surface area contributed by atoms with Crippen LogP contribution in [0.1, 0.15) is 46.1 Å². The molecular formula is C25H26F3N3. The summed E-state index contributed by atoms with van der Waals surface area (Å²) >= 11 is 0. The average Bonchev–Trinajstić information content (AvgIpc) is 2.74. The fraction of sp³-hybridized carbons (Fsp3) is 0.280. The lowest BCUT2D eigenvalue weighted by molar-refractivity contribution is -0.137. The van der Waals surface area contributed by atoms with Gasteiger partial charge in [-0.15, -0.1) is 0 Å².